The van der Waals surface area contributed by atoms with Crippen LogP contribution >= 0.6 is 0 Å². The molecule has 0 fully saturated rings. The van der Waals surface area contributed by atoms with Crippen LogP contribution in [0.4, 0.5) is 0 Å². The number of esters is 1. The van der Waals surface area contributed by atoms with Gasteiger partial charge in [0.2, 0.25) is 0 Å². The Bertz CT molecular complexity index is 219. The van der Waals surface area contributed by atoms with Gasteiger partial charge in [-0.05, 0) is 25.2 Å². The van der Waals surface area contributed by atoms with Gasteiger partial charge in [0.1, 0.15) is 6.10 Å². The van der Waals surface area contributed by atoms with Gasteiger partial charge < -0.3 is 4.74 Å². The Morgan fingerprint density at radius 1 is 1.33 bits per heavy atom. The van der Waals surface area contributed by atoms with E-state index in [1.165, 1.54) is 0 Å². The van der Waals surface area contributed by atoms with Crippen LogP contribution in [-0.2, 0) is 9.53 Å². The van der Waals surface area contributed by atoms with E-state index in [0.717, 1.165) is 12.8 Å². The summed E-state index contributed by atoms with van der Waals surface area (Å²) in [6, 6.07) is 0. The van der Waals surface area contributed by atoms with Gasteiger partial charge in [-0.2, -0.15) is 0 Å². The fourth-order valence-corrected chi connectivity index (χ4v) is 1.75. The van der Waals surface area contributed by atoms with Gasteiger partial charge in [0, 0.05) is 5.57 Å². The topological polar surface area (TPSA) is 26.3 Å². The van der Waals surface area contributed by atoms with Crippen molar-refractivity contribution in [2.24, 2.45) is 11.8 Å². The highest BCUT2D eigenvalue weighted by atomic mass is 16.5. The first-order valence-corrected chi connectivity index (χ1v) is 5.76. The van der Waals surface area contributed by atoms with Crippen molar-refractivity contribution in [1.82, 2.24) is 0 Å². The summed E-state index contributed by atoms with van der Waals surface area (Å²) in [6.07, 6.45) is 2.22. The Balaban J connectivity index is 4.40. The molecule has 2 unspecified atom stereocenters. The van der Waals surface area contributed by atoms with Crippen molar-refractivity contribution in [3.05, 3.63) is 12.2 Å². The Morgan fingerprint density at radius 3 is 2.20 bits per heavy atom. The van der Waals surface area contributed by atoms with Gasteiger partial charge in [-0.25, -0.2) is 4.79 Å². The predicted octanol–water partition coefficient (Wildman–Crippen LogP) is 3.57. The summed E-state index contributed by atoms with van der Waals surface area (Å²) in [5.41, 5.74) is 0.476. The molecule has 88 valence electrons. The standard InChI is InChI=1S/C13H24O2/c1-7-8-11(6)12(9(2)3)15-13(14)10(4)5/h9,11-12H,4,7-8H2,1-3,5-6H3. The van der Waals surface area contributed by atoms with Crippen LogP contribution in [0.3, 0.4) is 0 Å². The maximum Gasteiger partial charge on any atom is 0.333 e. The van der Waals surface area contributed by atoms with E-state index in [1.54, 1.807) is 6.92 Å². The van der Waals surface area contributed by atoms with Gasteiger partial charge >= 0.3 is 5.97 Å². The van der Waals surface area contributed by atoms with Gasteiger partial charge in [0.15, 0.2) is 0 Å². The summed E-state index contributed by atoms with van der Waals surface area (Å²) in [5, 5.41) is 0. The lowest BCUT2D eigenvalue weighted by molar-refractivity contribution is -0.149. The highest BCUT2D eigenvalue weighted by Gasteiger charge is 2.24. The minimum absolute atomic E-state index is 0.00847. The molecule has 2 heteroatoms. The third-order valence-electron chi connectivity index (χ3n) is 2.55. The van der Waals surface area contributed by atoms with Crippen LogP contribution in [0.5, 0.6) is 0 Å². The molecule has 0 N–H and O–H groups in total. The summed E-state index contributed by atoms with van der Waals surface area (Å²) in [6.45, 7) is 13.7. The van der Waals surface area contributed by atoms with E-state index in [0.29, 0.717) is 17.4 Å². The number of carbonyl (C=O) groups excluding carboxylic acids is 1. The molecule has 15 heavy (non-hydrogen) atoms. The number of hydrogen-bond donors (Lipinski definition) is 0. The van der Waals surface area contributed by atoms with E-state index < -0.39 is 0 Å². The Kier molecular flexibility index (Phi) is 6.30. The molecule has 0 aromatic heterocycles. The third kappa shape index (κ3) is 5.01. The molecule has 0 aliphatic carbocycles. The minimum Gasteiger partial charge on any atom is -0.458 e. The van der Waals surface area contributed by atoms with Gasteiger partial charge in [-0.1, -0.05) is 40.7 Å². The molecule has 0 aliphatic rings. The minimum atomic E-state index is -0.267. The zero-order valence-corrected chi connectivity index (χ0v) is 10.7. The molecular weight excluding hydrogens is 188 g/mol. The highest BCUT2D eigenvalue weighted by Crippen LogP contribution is 2.21. The first kappa shape index (κ1) is 14.2. The van der Waals surface area contributed by atoms with Gasteiger partial charge in [-0.3, -0.25) is 0 Å². The molecule has 0 bridgehead atoms. The maximum atomic E-state index is 11.4. The molecular formula is C13H24O2. The van der Waals surface area contributed by atoms with Crippen LogP contribution in [0.2, 0.25) is 0 Å². The van der Waals surface area contributed by atoms with Crippen molar-refractivity contribution < 1.29 is 9.53 Å². The molecule has 0 aliphatic heterocycles. The van der Waals surface area contributed by atoms with Crippen molar-refractivity contribution in [3.63, 3.8) is 0 Å². The van der Waals surface area contributed by atoms with E-state index in [-0.39, 0.29) is 12.1 Å². The fraction of sp³-hybridized carbons (Fsp3) is 0.769. The van der Waals surface area contributed by atoms with E-state index in [4.69, 9.17) is 4.74 Å². The molecule has 0 spiro atoms. The number of rotatable bonds is 6. The summed E-state index contributed by atoms with van der Waals surface area (Å²) in [5.74, 6) is 0.504. The Labute approximate surface area is 93.7 Å². The van der Waals surface area contributed by atoms with Crippen LogP contribution in [-0.4, -0.2) is 12.1 Å². The molecule has 0 saturated carbocycles. The van der Waals surface area contributed by atoms with E-state index in [2.05, 4.69) is 34.3 Å². The molecule has 0 radical (unpaired) electrons. The zero-order chi connectivity index (χ0) is 12.0. The van der Waals surface area contributed by atoms with Crippen molar-refractivity contribution in [3.8, 4) is 0 Å². The Hall–Kier alpha value is -0.790. The van der Waals surface area contributed by atoms with Crippen molar-refractivity contribution in [2.45, 2.75) is 53.6 Å². The summed E-state index contributed by atoms with van der Waals surface area (Å²) >= 11 is 0. The molecule has 0 rings (SSSR count). The first-order chi connectivity index (χ1) is 6.90. The van der Waals surface area contributed by atoms with Crippen LogP contribution in [0.25, 0.3) is 0 Å². The smallest absolute Gasteiger partial charge is 0.333 e. The molecule has 0 aromatic carbocycles. The highest BCUT2D eigenvalue weighted by molar-refractivity contribution is 5.87. The second-order valence-corrected chi connectivity index (χ2v) is 4.66. The van der Waals surface area contributed by atoms with Gasteiger partial charge in [0.05, 0.1) is 0 Å². The normalized spacial score (nSPS) is 14.8. The van der Waals surface area contributed by atoms with Gasteiger partial charge in [-0.15, -0.1) is 0 Å². The average molecular weight is 212 g/mol. The lowest BCUT2D eigenvalue weighted by Crippen LogP contribution is -2.30. The number of hydrogen-bond acceptors (Lipinski definition) is 2. The molecule has 0 saturated heterocycles. The van der Waals surface area contributed by atoms with Gasteiger partial charge in [0.25, 0.3) is 0 Å². The van der Waals surface area contributed by atoms with Crippen molar-refractivity contribution in [1.29, 1.82) is 0 Å². The van der Waals surface area contributed by atoms with Crippen molar-refractivity contribution >= 4 is 5.97 Å². The largest absolute Gasteiger partial charge is 0.458 e. The summed E-state index contributed by atoms with van der Waals surface area (Å²) < 4.78 is 5.45. The lowest BCUT2D eigenvalue weighted by Gasteiger charge is -2.27. The molecule has 0 amide bonds. The predicted molar refractivity (Wildman–Crippen MR) is 63.6 cm³/mol. The Morgan fingerprint density at radius 2 is 1.87 bits per heavy atom. The monoisotopic (exact) mass is 212 g/mol. The first-order valence-electron chi connectivity index (χ1n) is 5.76. The lowest BCUT2D eigenvalue weighted by atomic mass is 9.91. The van der Waals surface area contributed by atoms with E-state index >= 15 is 0 Å². The number of ether oxygens (including phenoxy) is 1. The molecule has 2 atom stereocenters. The molecule has 2 nitrogen and oxygen atoms in total. The quantitative estimate of drug-likeness (QED) is 0.497. The fourth-order valence-electron chi connectivity index (χ4n) is 1.75. The zero-order valence-electron chi connectivity index (χ0n) is 10.7. The van der Waals surface area contributed by atoms with E-state index in [9.17, 15) is 4.79 Å². The number of carbonyl (C=O) groups is 1. The van der Waals surface area contributed by atoms with Crippen LogP contribution in [0, 0.1) is 11.8 Å². The van der Waals surface area contributed by atoms with Crippen LogP contribution < -0.4 is 0 Å². The maximum absolute atomic E-state index is 11.4. The van der Waals surface area contributed by atoms with Crippen LogP contribution in [0.1, 0.15) is 47.5 Å². The summed E-state index contributed by atoms with van der Waals surface area (Å²) in [4.78, 5) is 11.4. The average Bonchev–Trinajstić information content (AvgIpc) is 2.13. The van der Waals surface area contributed by atoms with E-state index in [1.807, 2.05) is 0 Å². The molecule has 0 aromatic rings. The van der Waals surface area contributed by atoms with Crippen molar-refractivity contribution in [2.75, 3.05) is 0 Å². The third-order valence-corrected chi connectivity index (χ3v) is 2.55. The second-order valence-electron chi connectivity index (χ2n) is 4.66. The summed E-state index contributed by atoms with van der Waals surface area (Å²) in [7, 11) is 0. The SMILES string of the molecule is C=C(C)C(=O)OC(C(C)C)C(C)CCC. The molecule has 0 heterocycles. The van der Waals surface area contributed by atoms with Crippen LogP contribution in [0.15, 0.2) is 12.2 Å². The second kappa shape index (κ2) is 6.65.